The Labute approximate surface area is 90.4 Å². The number of azo groups is 1. The zero-order valence-electron chi connectivity index (χ0n) is 9.02. The monoisotopic (exact) mass is 207 g/mol. The van der Waals surface area contributed by atoms with Crippen LogP contribution in [-0.2, 0) is 4.74 Å². The number of morpholine rings is 1. The molecule has 0 aliphatic carbocycles. The fraction of sp³-hybridized carbons (Fsp3) is 0.455. The smallest absolute Gasteiger partial charge is 0.0852 e. The maximum Gasteiger partial charge on any atom is 0.0852 e. The number of nitrogens with zero attached hydrogens (tertiary/aromatic N) is 2. The quantitative estimate of drug-likeness (QED) is 0.716. The molecule has 0 aromatic heterocycles. The van der Waals surface area contributed by atoms with Crippen molar-refractivity contribution >= 4 is 5.69 Å². The van der Waals surface area contributed by atoms with Gasteiger partial charge < -0.3 is 10.1 Å². The third-order valence-corrected chi connectivity index (χ3v) is 1.82. The summed E-state index contributed by atoms with van der Waals surface area (Å²) in [5.74, 6) is 0. The lowest BCUT2D eigenvalue weighted by Crippen LogP contribution is -2.30. The summed E-state index contributed by atoms with van der Waals surface area (Å²) in [5.41, 5.74) is 0.903. The van der Waals surface area contributed by atoms with E-state index in [1.54, 1.807) is 7.05 Å². The Morgan fingerprint density at radius 3 is 2.20 bits per heavy atom. The summed E-state index contributed by atoms with van der Waals surface area (Å²) in [6.45, 7) is 3.83. The van der Waals surface area contributed by atoms with Gasteiger partial charge in [-0.3, -0.25) is 0 Å². The van der Waals surface area contributed by atoms with E-state index in [-0.39, 0.29) is 0 Å². The van der Waals surface area contributed by atoms with Crippen LogP contribution in [0.4, 0.5) is 5.69 Å². The van der Waals surface area contributed by atoms with Gasteiger partial charge in [-0.05, 0) is 12.1 Å². The summed E-state index contributed by atoms with van der Waals surface area (Å²) < 4.78 is 5.01. The molecule has 4 heteroatoms. The largest absolute Gasteiger partial charge is 0.379 e. The van der Waals surface area contributed by atoms with Gasteiger partial charge in [-0.25, -0.2) is 0 Å². The lowest BCUT2D eigenvalue weighted by atomic mass is 10.3. The van der Waals surface area contributed by atoms with Crippen LogP contribution in [0.1, 0.15) is 0 Å². The SMILES string of the molecule is C1COCCN1.CN=Nc1ccccc1. The van der Waals surface area contributed by atoms with Gasteiger partial charge >= 0.3 is 0 Å². The van der Waals surface area contributed by atoms with E-state index in [4.69, 9.17) is 4.74 Å². The Bertz CT molecular complexity index is 259. The van der Waals surface area contributed by atoms with E-state index in [1.165, 1.54) is 0 Å². The molecule has 0 amide bonds. The summed E-state index contributed by atoms with van der Waals surface area (Å²) in [4.78, 5) is 0. The van der Waals surface area contributed by atoms with E-state index >= 15 is 0 Å². The zero-order valence-corrected chi connectivity index (χ0v) is 9.02. The van der Waals surface area contributed by atoms with E-state index < -0.39 is 0 Å². The summed E-state index contributed by atoms with van der Waals surface area (Å²) in [5, 5.41) is 10.6. The standard InChI is InChI=1S/C7H8N2.C4H9NO/c1-8-9-7-5-3-2-4-6-7;1-3-6-4-2-5-1/h2-6H,1H3;5H,1-4H2. The van der Waals surface area contributed by atoms with Crippen molar-refractivity contribution in [3.63, 3.8) is 0 Å². The second-order valence-corrected chi connectivity index (χ2v) is 3.00. The number of hydrogen-bond acceptors (Lipinski definition) is 4. The van der Waals surface area contributed by atoms with E-state index in [9.17, 15) is 0 Å². The van der Waals surface area contributed by atoms with Gasteiger partial charge in [0.25, 0.3) is 0 Å². The highest BCUT2D eigenvalue weighted by molar-refractivity contribution is 5.34. The van der Waals surface area contributed by atoms with E-state index in [0.717, 1.165) is 32.0 Å². The van der Waals surface area contributed by atoms with Gasteiger partial charge in [0.1, 0.15) is 0 Å². The fourth-order valence-electron chi connectivity index (χ4n) is 1.13. The second-order valence-electron chi connectivity index (χ2n) is 3.00. The van der Waals surface area contributed by atoms with Gasteiger partial charge in [0.05, 0.1) is 18.9 Å². The van der Waals surface area contributed by atoms with Crippen molar-refractivity contribution in [2.75, 3.05) is 33.4 Å². The number of ether oxygens (including phenoxy) is 1. The molecule has 1 aliphatic rings. The van der Waals surface area contributed by atoms with Crippen LogP contribution in [0.5, 0.6) is 0 Å². The molecule has 15 heavy (non-hydrogen) atoms. The molecule has 1 N–H and O–H groups in total. The fourth-order valence-corrected chi connectivity index (χ4v) is 1.13. The van der Waals surface area contributed by atoms with E-state index in [1.807, 2.05) is 30.3 Å². The van der Waals surface area contributed by atoms with Crippen LogP contribution >= 0.6 is 0 Å². The van der Waals surface area contributed by atoms with Crippen LogP contribution in [0.15, 0.2) is 40.6 Å². The van der Waals surface area contributed by atoms with Crippen molar-refractivity contribution in [2.24, 2.45) is 10.2 Å². The first kappa shape index (κ1) is 11.8. The average Bonchev–Trinajstić information content (AvgIpc) is 2.34. The molecular formula is C11H17N3O. The van der Waals surface area contributed by atoms with Crippen molar-refractivity contribution in [3.8, 4) is 0 Å². The van der Waals surface area contributed by atoms with Crippen molar-refractivity contribution in [1.82, 2.24) is 5.32 Å². The summed E-state index contributed by atoms with van der Waals surface area (Å²) in [7, 11) is 1.66. The maximum atomic E-state index is 5.01. The maximum absolute atomic E-state index is 5.01. The minimum absolute atomic E-state index is 0.889. The van der Waals surface area contributed by atoms with Crippen LogP contribution in [0.2, 0.25) is 0 Å². The van der Waals surface area contributed by atoms with Gasteiger partial charge in [0, 0.05) is 20.1 Å². The van der Waals surface area contributed by atoms with Gasteiger partial charge in [-0.15, -0.1) is 0 Å². The summed E-state index contributed by atoms with van der Waals surface area (Å²) >= 11 is 0. The van der Waals surface area contributed by atoms with E-state index in [2.05, 4.69) is 15.5 Å². The van der Waals surface area contributed by atoms with E-state index in [0.29, 0.717) is 0 Å². The van der Waals surface area contributed by atoms with Crippen molar-refractivity contribution in [1.29, 1.82) is 0 Å². The molecule has 1 aromatic carbocycles. The molecule has 0 spiro atoms. The summed E-state index contributed by atoms with van der Waals surface area (Å²) in [6.07, 6.45) is 0. The Kier molecular flexibility index (Phi) is 6.36. The molecule has 1 heterocycles. The van der Waals surface area contributed by atoms with Crippen LogP contribution in [0, 0.1) is 0 Å². The van der Waals surface area contributed by atoms with Gasteiger partial charge in [0.15, 0.2) is 0 Å². The first-order chi connectivity index (χ1) is 7.43. The molecule has 1 aromatic rings. The lowest BCUT2D eigenvalue weighted by Gasteiger charge is -2.10. The van der Waals surface area contributed by atoms with Crippen molar-refractivity contribution in [2.45, 2.75) is 0 Å². The Morgan fingerprint density at radius 2 is 1.80 bits per heavy atom. The molecule has 0 atom stereocenters. The molecule has 0 saturated carbocycles. The predicted molar refractivity (Wildman–Crippen MR) is 60.6 cm³/mol. The van der Waals surface area contributed by atoms with Crippen LogP contribution < -0.4 is 5.32 Å². The second kappa shape index (κ2) is 8.08. The molecule has 4 nitrogen and oxygen atoms in total. The molecule has 82 valence electrons. The molecule has 1 saturated heterocycles. The third kappa shape index (κ3) is 5.93. The molecule has 1 aliphatic heterocycles. The molecule has 1 fully saturated rings. The number of rotatable bonds is 1. The minimum Gasteiger partial charge on any atom is -0.379 e. The summed E-state index contributed by atoms with van der Waals surface area (Å²) in [6, 6.07) is 9.64. The van der Waals surface area contributed by atoms with Crippen LogP contribution in [0.25, 0.3) is 0 Å². The molecular weight excluding hydrogens is 190 g/mol. The predicted octanol–water partition coefficient (Wildman–Crippen LogP) is 2.01. The minimum atomic E-state index is 0.889. The average molecular weight is 207 g/mol. The third-order valence-electron chi connectivity index (χ3n) is 1.82. The van der Waals surface area contributed by atoms with Gasteiger partial charge in [-0.1, -0.05) is 18.2 Å². The van der Waals surface area contributed by atoms with Crippen molar-refractivity contribution in [3.05, 3.63) is 30.3 Å². The number of nitrogens with one attached hydrogen (secondary N) is 1. The van der Waals surface area contributed by atoms with Crippen molar-refractivity contribution < 1.29 is 4.74 Å². The molecule has 2 rings (SSSR count). The zero-order chi connectivity index (χ0) is 10.8. The Balaban J connectivity index is 0.000000162. The van der Waals surface area contributed by atoms with Gasteiger partial charge in [-0.2, -0.15) is 10.2 Å². The normalized spacial score (nSPS) is 15.8. The van der Waals surface area contributed by atoms with Crippen LogP contribution in [0.3, 0.4) is 0 Å². The number of hydrogen-bond donors (Lipinski definition) is 1. The topological polar surface area (TPSA) is 46.0 Å². The first-order valence-electron chi connectivity index (χ1n) is 5.07. The highest BCUT2D eigenvalue weighted by Crippen LogP contribution is 2.08. The highest BCUT2D eigenvalue weighted by Gasteiger charge is 1.92. The first-order valence-corrected chi connectivity index (χ1v) is 5.07. The Morgan fingerprint density at radius 1 is 1.13 bits per heavy atom. The molecule has 0 bridgehead atoms. The Hall–Kier alpha value is -1.26. The van der Waals surface area contributed by atoms with Crippen LogP contribution in [-0.4, -0.2) is 33.4 Å². The lowest BCUT2D eigenvalue weighted by molar-refractivity contribution is 0.109. The van der Waals surface area contributed by atoms with Gasteiger partial charge in [0.2, 0.25) is 0 Å². The highest BCUT2D eigenvalue weighted by atomic mass is 16.5. The molecule has 0 unspecified atom stereocenters. The number of benzene rings is 1. The molecule has 0 radical (unpaired) electrons.